The lowest BCUT2D eigenvalue weighted by Crippen LogP contribution is -2.13. The molecule has 0 spiro atoms. The molecule has 2 heterocycles. The Kier molecular flexibility index (Phi) is 6.64. The summed E-state index contributed by atoms with van der Waals surface area (Å²) in [5.74, 6) is -0.566. The molecule has 10 heteroatoms. The molecule has 160 valence electrons. The molecule has 0 radical (unpaired) electrons. The minimum atomic E-state index is -0.509. The van der Waals surface area contributed by atoms with Gasteiger partial charge in [0.1, 0.15) is 11.6 Å². The monoisotopic (exact) mass is 462 g/mol. The zero-order valence-electron chi connectivity index (χ0n) is 16.1. The number of halogens is 3. The molecule has 0 amide bonds. The highest BCUT2D eigenvalue weighted by atomic mass is 35.5. The number of hydrogen-bond donors (Lipinski definition) is 1. The van der Waals surface area contributed by atoms with Gasteiger partial charge in [0.25, 0.3) is 5.56 Å². The maximum Gasteiger partial charge on any atom is 0.252 e. The standard InChI is InChI=1S/C21H17ClF2N4O2S/c22-15-3-1-2-13(8-15)11-30-7-6-17-10-19(29)25-20-26-27-21(28(17)20)31-12-14-9-16(23)4-5-18(14)24/h1-5,8-10H,6-7,11-12H2,(H,25,26,29). The smallest absolute Gasteiger partial charge is 0.252 e. The van der Waals surface area contributed by atoms with E-state index in [9.17, 15) is 13.6 Å². The van der Waals surface area contributed by atoms with Gasteiger partial charge in [-0.05, 0) is 35.9 Å². The number of aromatic nitrogens is 4. The van der Waals surface area contributed by atoms with Crippen molar-refractivity contribution in [1.29, 1.82) is 0 Å². The summed E-state index contributed by atoms with van der Waals surface area (Å²) in [6.07, 6.45) is 0.431. The van der Waals surface area contributed by atoms with Gasteiger partial charge in [-0.15, -0.1) is 10.2 Å². The van der Waals surface area contributed by atoms with Gasteiger partial charge in [-0.3, -0.25) is 14.2 Å². The number of nitrogens with one attached hydrogen (secondary N) is 1. The summed E-state index contributed by atoms with van der Waals surface area (Å²) in [6.45, 7) is 0.738. The van der Waals surface area contributed by atoms with Crippen LogP contribution in [0.3, 0.4) is 0 Å². The van der Waals surface area contributed by atoms with Crippen molar-refractivity contribution in [2.24, 2.45) is 0 Å². The van der Waals surface area contributed by atoms with Crippen LogP contribution in [0, 0.1) is 11.6 Å². The van der Waals surface area contributed by atoms with Crippen molar-refractivity contribution in [3.63, 3.8) is 0 Å². The Morgan fingerprint density at radius 1 is 1.13 bits per heavy atom. The molecule has 0 aliphatic carbocycles. The van der Waals surface area contributed by atoms with Crippen LogP contribution in [0.5, 0.6) is 0 Å². The summed E-state index contributed by atoms with van der Waals surface area (Å²) in [6, 6.07) is 12.1. The molecule has 4 aromatic rings. The molecule has 4 rings (SSSR count). The fraction of sp³-hybridized carbons (Fsp3) is 0.190. The van der Waals surface area contributed by atoms with Gasteiger partial charge in [-0.1, -0.05) is 35.5 Å². The van der Waals surface area contributed by atoms with Crippen LogP contribution in [0.15, 0.2) is 58.5 Å². The Morgan fingerprint density at radius 2 is 2.00 bits per heavy atom. The van der Waals surface area contributed by atoms with E-state index in [1.807, 2.05) is 18.2 Å². The summed E-state index contributed by atoms with van der Waals surface area (Å²) in [4.78, 5) is 14.6. The normalized spacial score (nSPS) is 11.3. The van der Waals surface area contributed by atoms with Crippen molar-refractivity contribution in [2.75, 3.05) is 6.61 Å². The second kappa shape index (κ2) is 9.59. The zero-order valence-corrected chi connectivity index (χ0v) is 17.7. The van der Waals surface area contributed by atoms with Crippen molar-refractivity contribution < 1.29 is 13.5 Å². The van der Waals surface area contributed by atoms with E-state index in [4.69, 9.17) is 16.3 Å². The summed E-state index contributed by atoms with van der Waals surface area (Å²) in [5.41, 5.74) is 1.51. The average molecular weight is 463 g/mol. The Morgan fingerprint density at radius 3 is 2.84 bits per heavy atom. The van der Waals surface area contributed by atoms with Crippen LogP contribution in [0.1, 0.15) is 16.8 Å². The largest absolute Gasteiger partial charge is 0.376 e. The Labute approximate surface area is 185 Å². The van der Waals surface area contributed by atoms with Crippen LogP contribution < -0.4 is 5.56 Å². The molecule has 0 saturated carbocycles. The number of H-pyrrole nitrogens is 1. The fourth-order valence-corrected chi connectivity index (χ4v) is 4.19. The average Bonchev–Trinajstić information content (AvgIpc) is 3.14. The van der Waals surface area contributed by atoms with Gasteiger partial charge in [-0.2, -0.15) is 0 Å². The molecule has 31 heavy (non-hydrogen) atoms. The number of ether oxygens (including phenoxy) is 1. The minimum absolute atomic E-state index is 0.161. The van der Waals surface area contributed by atoms with E-state index in [0.717, 1.165) is 23.8 Å². The number of rotatable bonds is 8. The van der Waals surface area contributed by atoms with Gasteiger partial charge >= 0.3 is 0 Å². The first kappa shape index (κ1) is 21.5. The predicted octanol–water partition coefficient (Wildman–Crippen LogP) is 4.40. The van der Waals surface area contributed by atoms with E-state index in [2.05, 4.69) is 15.2 Å². The highest BCUT2D eigenvalue weighted by Gasteiger charge is 2.14. The maximum atomic E-state index is 13.9. The Bertz CT molecular complexity index is 1280. The number of thioether (sulfide) groups is 1. The van der Waals surface area contributed by atoms with Gasteiger partial charge in [0.2, 0.25) is 5.78 Å². The number of fused-ring (bicyclic) bond motifs is 1. The van der Waals surface area contributed by atoms with Gasteiger partial charge in [-0.25, -0.2) is 8.78 Å². The first-order valence-corrected chi connectivity index (χ1v) is 10.7. The third-order valence-corrected chi connectivity index (χ3v) is 5.69. The number of aromatic amines is 1. The molecular weight excluding hydrogens is 446 g/mol. The molecule has 6 nitrogen and oxygen atoms in total. The SMILES string of the molecule is O=c1cc(CCOCc2cccc(Cl)c2)n2c(SCc3cc(F)ccc3F)nnc2[nH]1. The van der Waals surface area contributed by atoms with E-state index >= 15 is 0 Å². The molecule has 0 atom stereocenters. The van der Waals surface area contributed by atoms with E-state index < -0.39 is 11.6 Å². The van der Waals surface area contributed by atoms with Gasteiger partial charge in [0.05, 0.1) is 13.2 Å². The molecule has 0 bridgehead atoms. The molecule has 0 aliphatic heterocycles. The molecule has 0 saturated heterocycles. The Hall–Kier alpha value is -2.75. The highest BCUT2D eigenvalue weighted by molar-refractivity contribution is 7.98. The molecule has 2 aromatic carbocycles. The second-order valence-corrected chi connectivity index (χ2v) is 8.10. The predicted molar refractivity (Wildman–Crippen MR) is 114 cm³/mol. The first-order chi connectivity index (χ1) is 15.0. The van der Waals surface area contributed by atoms with E-state index in [1.54, 1.807) is 10.5 Å². The number of benzene rings is 2. The minimum Gasteiger partial charge on any atom is -0.376 e. The lowest BCUT2D eigenvalue weighted by atomic mass is 10.2. The molecule has 0 aliphatic rings. The summed E-state index contributed by atoms with van der Waals surface area (Å²) >= 11 is 7.17. The Balaban J connectivity index is 1.48. The molecule has 1 N–H and O–H groups in total. The van der Waals surface area contributed by atoms with Crippen molar-refractivity contribution in [2.45, 2.75) is 23.9 Å². The van der Waals surface area contributed by atoms with E-state index in [1.165, 1.54) is 17.8 Å². The topological polar surface area (TPSA) is 72.3 Å². The van der Waals surface area contributed by atoms with E-state index in [0.29, 0.717) is 35.5 Å². The van der Waals surface area contributed by atoms with Crippen LogP contribution in [0.2, 0.25) is 5.02 Å². The summed E-state index contributed by atoms with van der Waals surface area (Å²) in [5, 5.41) is 9.17. The number of hydrogen-bond acceptors (Lipinski definition) is 5. The first-order valence-electron chi connectivity index (χ1n) is 9.36. The van der Waals surface area contributed by atoms with Crippen molar-refractivity contribution >= 4 is 29.1 Å². The van der Waals surface area contributed by atoms with Crippen LogP contribution >= 0.6 is 23.4 Å². The van der Waals surface area contributed by atoms with Gasteiger partial charge in [0, 0.05) is 34.5 Å². The summed E-state index contributed by atoms with van der Waals surface area (Å²) in [7, 11) is 0. The van der Waals surface area contributed by atoms with Crippen LogP contribution in [0.4, 0.5) is 8.78 Å². The fourth-order valence-electron chi connectivity index (χ4n) is 3.04. The molecule has 0 unspecified atom stereocenters. The quantitative estimate of drug-likeness (QED) is 0.310. The highest BCUT2D eigenvalue weighted by Crippen LogP contribution is 2.24. The zero-order chi connectivity index (χ0) is 21.8. The molecular formula is C21H17ClF2N4O2S. The van der Waals surface area contributed by atoms with Gasteiger partial charge < -0.3 is 4.74 Å². The van der Waals surface area contributed by atoms with Crippen molar-refractivity contribution in [1.82, 2.24) is 19.6 Å². The lowest BCUT2D eigenvalue weighted by molar-refractivity contribution is 0.123. The second-order valence-electron chi connectivity index (χ2n) is 6.72. The van der Waals surface area contributed by atoms with E-state index in [-0.39, 0.29) is 22.7 Å². The van der Waals surface area contributed by atoms with Gasteiger partial charge in [0.15, 0.2) is 5.16 Å². The van der Waals surface area contributed by atoms with Crippen LogP contribution in [0.25, 0.3) is 5.78 Å². The van der Waals surface area contributed by atoms with Crippen molar-refractivity contribution in [3.8, 4) is 0 Å². The third-order valence-electron chi connectivity index (χ3n) is 4.48. The maximum absolute atomic E-state index is 13.9. The lowest BCUT2D eigenvalue weighted by Gasteiger charge is -2.09. The van der Waals surface area contributed by atoms with Crippen LogP contribution in [-0.4, -0.2) is 26.2 Å². The summed E-state index contributed by atoms with van der Waals surface area (Å²) < 4.78 is 34.7. The van der Waals surface area contributed by atoms with Crippen LogP contribution in [-0.2, 0) is 23.5 Å². The molecule has 0 fully saturated rings. The number of nitrogens with zero attached hydrogens (tertiary/aromatic N) is 3. The molecule has 2 aromatic heterocycles. The van der Waals surface area contributed by atoms with Crippen molar-refractivity contribution in [3.05, 3.63) is 92.4 Å². The third kappa shape index (κ3) is 5.30.